The Hall–Kier alpha value is -2.64. The third-order valence-corrected chi connectivity index (χ3v) is 4.35. The SMILES string of the molecule is Cn1ccc(NC(=O)[C@@H]2CCC[C@H](C(=O)Nc3ccn(C)n3)C2)n1. The Morgan fingerprint density at radius 3 is 1.79 bits per heavy atom. The molecule has 0 radical (unpaired) electrons. The number of anilines is 2. The molecule has 2 amide bonds. The Morgan fingerprint density at radius 2 is 1.42 bits per heavy atom. The summed E-state index contributed by atoms with van der Waals surface area (Å²) in [7, 11) is 3.60. The lowest BCUT2D eigenvalue weighted by molar-refractivity contribution is -0.124. The summed E-state index contributed by atoms with van der Waals surface area (Å²) in [4.78, 5) is 24.8. The first-order valence-electron chi connectivity index (χ1n) is 8.12. The van der Waals surface area contributed by atoms with Crippen LogP contribution in [0, 0.1) is 11.8 Å². The molecule has 2 aromatic heterocycles. The van der Waals surface area contributed by atoms with Gasteiger partial charge >= 0.3 is 0 Å². The average Bonchev–Trinajstić information content (AvgIpc) is 3.15. The Kier molecular flexibility index (Phi) is 4.64. The average molecular weight is 330 g/mol. The second-order valence-electron chi connectivity index (χ2n) is 6.29. The van der Waals surface area contributed by atoms with E-state index in [9.17, 15) is 9.59 Å². The molecule has 0 aliphatic heterocycles. The molecule has 1 aliphatic rings. The minimum absolute atomic E-state index is 0.0657. The molecule has 2 atom stereocenters. The van der Waals surface area contributed by atoms with E-state index in [4.69, 9.17) is 0 Å². The predicted octanol–water partition coefficient (Wildman–Crippen LogP) is 1.54. The second-order valence-corrected chi connectivity index (χ2v) is 6.29. The first kappa shape index (κ1) is 16.2. The van der Waals surface area contributed by atoms with Crippen molar-refractivity contribution in [3.63, 3.8) is 0 Å². The van der Waals surface area contributed by atoms with E-state index in [-0.39, 0.29) is 23.7 Å². The van der Waals surface area contributed by atoms with Crippen LogP contribution in [-0.4, -0.2) is 31.4 Å². The highest BCUT2D eigenvalue weighted by Crippen LogP contribution is 2.30. The van der Waals surface area contributed by atoms with Gasteiger partial charge in [-0.05, 0) is 19.3 Å². The van der Waals surface area contributed by atoms with Crippen LogP contribution in [0.1, 0.15) is 25.7 Å². The fourth-order valence-electron chi connectivity index (χ4n) is 3.09. The smallest absolute Gasteiger partial charge is 0.228 e. The summed E-state index contributed by atoms with van der Waals surface area (Å²) < 4.78 is 3.28. The number of aryl methyl sites for hydroxylation is 2. The highest BCUT2D eigenvalue weighted by Gasteiger charge is 2.31. The van der Waals surface area contributed by atoms with E-state index in [2.05, 4.69) is 20.8 Å². The van der Waals surface area contributed by atoms with E-state index in [1.165, 1.54) is 0 Å². The number of nitrogens with zero attached hydrogens (tertiary/aromatic N) is 4. The number of carbonyl (C=O) groups is 2. The number of aromatic nitrogens is 4. The number of carbonyl (C=O) groups excluding carboxylic acids is 2. The lowest BCUT2D eigenvalue weighted by Gasteiger charge is -2.27. The summed E-state index contributed by atoms with van der Waals surface area (Å²) in [6.07, 6.45) is 6.56. The number of rotatable bonds is 4. The minimum Gasteiger partial charge on any atom is -0.309 e. The maximum atomic E-state index is 12.4. The van der Waals surface area contributed by atoms with Crippen LogP contribution in [0.15, 0.2) is 24.5 Å². The molecule has 8 heteroatoms. The summed E-state index contributed by atoms with van der Waals surface area (Å²) in [6.45, 7) is 0. The maximum absolute atomic E-state index is 12.4. The molecular formula is C16H22N6O2. The highest BCUT2D eigenvalue weighted by molar-refractivity contribution is 5.94. The van der Waals surface area contributed by atoms with E-state index in [0.29, 0.717) is 18.1 Å². The second kappa shape index (κ2) is 6.86. The quantitative estimate of drug-likeness (QED) is 0.889. The number of hydrogen-bond acceptors (Lipinski definition) is 4. The van der Waals surface area contributed by atoms with Gasteiger partial charge in [-0.2, -0.15) is 10.2 Å². The van der Waals surface area contributed by atoms with Gasteiger partial charge in [0.1, 0.15) is 0 Å². The molecule has 3 rings (SSSR count). The zero-order valence-corrected chi connectivity index (χ0v) is 13.9. The first-order valence-corrected chi connectivity index (χ1v) is 8.12. The van der Waals surface area contributed by atoms with Gasteiger partial charge in [-0.1, -0.05) is 6.42 Å². The lowest BCUT2D eigenvalue weighted by Crippen LogP contribution is -2.33. The van der Waals surface area contributed by atoms with Gasteiger partial charge in [0.25, 0.3) is 0 Å². The number of amides is 2. The third kappa shape index (κ3) is 3.81. The van der Waals surface area contributed by atoms with Crippen LogP contribution in [0.5, 0.6) is 0 Å². The molecule has 0 bridgehead atoms. The summed E-state index contributed by atoms with van der Waals surface area (Å²) >= 11 is 0. The van der Waals surface area contributed by atoms with Crippen molar-refractivity contribution in [2.75, 3.05) is 10.6 Å². The molecule has 0 aromatic carbocycles. The van der Waals surface area contributed by atoms with Gasteiger partial charge in [-0.25, -0.2) is 0 Å². The predicted molar refractivity (Wildman–Crippen MR) is 89.1 cm³/mol. The molecule has 2 heterocycles. The van der Waals surface area contributed by atoms with Crippen LogP contribution in [-0.2, 0) is 23.7 Å². The summed E-state index contributed by atoms with van der Waals surface area (Å²) in [6, 6.07) is 3.51. The molecule has 24 heavy (non-hydrogen) atoms. The van der Waals surface area contributed by atoms with Gasteiger partial charge in [0, 0.05) is 50.5 Å². The molecule has 2 N–H and O–H groups in total. The summed E-state index contributed by atoms with van der Waals surface area (Å²) in [5.41, 5.74) is 0. The lowest BCUT2D eigenvalue weighted by atomic mass is 9.80. The van der Waals surface area contributed by atoms with Crippen molar-refractivity contribution in [3.05, 3.63) is 24.5 Å². The van der Waals surface area contributed by atoms with E-state index >= 15 is 0 Å². The van der Waals surface area contributed by atoms with E-state index in [1.807, 2.05) is 0 Å². The zero-order chi connectivity index (χ0) is 17.1. The Bertz CT molecular complexity index is 674. The van der Waals surface area contributed by atoms with Gasteiger partial charge in [-0.3, -0.25) is 19.0 Å². The van der Waals surface area contributed by atoms with Crippen molar-refractivity contribution in [2.45, 2.75) is 25.7 Å². The number of hydrogen-bond donors (Lipinski definition) is 2. The van der Waals surface area contributed by atoms with Crippen molar-refractivity contribution in [2.24, 2.45) is 25.9 Å². The van der Waals surface area contributed by atoms with E-state index in [0.717, 1.165) is 19.3 Å². The van der Waals surface area contributed by atoms with Crippen molar-refractivity contribution < 1.29 is 9.59 Å². The van der Waals surface area contributed by atoms with Crippen LogP contribution in [0.3, 0.4) is 0 Å². The molecule has 1 fully saturated rings. The van der Waals surface area contributed by atoms with Crippen LogP contribution >= 0.6 is 0 Å². The van der Waals surface area contributed by atoms with Crippen LogP contribution in [0.4, 0.5) is 11.6 Å². The summed E-state index contributed by atoms with van der Waals surface area (Å²) in [5.74, 6) is 0.624. The molecule has 1 saturated carbocycles. The van der Waals surface area contributed by atoms with Crippen LogP contribution in [0.2, 0.25) is 0 Å². The molecular weight excluding hydrogens is 308 g/mol. The van der Waals surface area contributed by atoms with Gasteiger partial charge in [-0.15, -0.1) is 0 Å². The fourth-order valence-corrected chi connectivity index (χ4v) is 3.09. The fraction of sp³-hybridized carbons (Fsp3) is 0.500. The number of nitrogens with one attached hydrogen (secondary N) is 2. The van der Waals surface area contributed by atoms with Gasteiger partial charge in [0.05, 0.1) is 0 Å². The Balaban J connectivity index is 1.57. The van der Waals surface area contributed by atoms with Crippen molar-refractivity contribution in [1.29, 1.82) is 0 Å². The topological polar surface area (TPSA) is 93.8 Å². The van der Waals surface area contributed by atoms with Gasteiger partial charge in [0.15, 0.2) is 11.6 Å². The van der Waals surface area contributed by atoms with Crippen molar-refractivity contribution in [1.82, 2.24) is 19.6 Å². The Morgan fingerprint density at radius 1 is 0.958 bits per heavy atom. The molecule has 1 aliphatic carbocycles. The molecule has 8 nitrogen and oxygen atoms in total. The van der Waals surface area contributed by atoms with E-state index < -0.39 is 0 Å². The van der Waals surface area contributed by atoms with Crippen molar-refractivity contribution >= 4 is 23.5 Å². The normalized spacial score (nSPS) is 20.6. The van der Waals surface area contributed by atoms with Gasteiger partial charge in [0.2, 0.25) is 11.8 Å². The Labute approximate surface area is 140 Å². The van der Waals surface area contributed by atoms with Crippen molar-refractivity contribution in [3.8, 4) is 0 Å². The third-order valence-electron chi connectivity index (χ3n) is 4.35. The largest absolute Gasteiger partial charge is 0.309 e. The molecule has 2 aromatic rings. The monoisotopic (exact) mass is 330 g/mol. The van der Waals surface area contributed by atoms with E-state index in [1.54, 1.807) is 48.0 Å². The standard InChI is InChI=1S/C16H22N6O2/c1-21-8-6-13(19-21)17-15(23)11-4-3-5-12(10-11)16(24)18-14-7-9-22(2)20-14/h6-9,11-12H,3-5,10H2,1-2H3,(H,17,19,23)(H,18,20,24)/t11-,12+. The maximum Gasteiger partial charge on any atom is 0.228 e. The first-order chi connectivity index (χ1) is 11.5. The minimum atomic E-state index is -0.166. The van der Waals surface area contributed by atoms with Crippen LogP contribution < -0.4 is 10.6 Å². The summed E-state index contributed by atoms with van der Waals surface area (Å²) in [5, 5.41) is 14.0. The van der Waals surface area contributed by atoms with Crippen LogP contribution in [0.25, 0.3) is 0 Å². The molecule has 0 spiro atoms. The highest BCUT2D eigenvalue weighted by atomic mass is 16.2. The molecule has 128 valence electrons. The zero-order valence-electron chi connectivity index (χ0n) is 13.9. The molecule has 0 saturated heterocycles. The molecule has 0 unspecified atom stereocenters. The van der Waals surface area contributed by atoms with Gasteiger partial charge < -0.3 is 10.6 Å².